The van der Waals surface area contributed by atoms with Crippen LogP contribution in [0.5, 0.6) is 0 Å². The van der Waals surface area contributed by atoms with Gasteiger partial charge in [-0.05, 0) is 48.5 Å². The summed E-state index contributed by atoms with van der Waals surface area (Å²) in [4.78, 5) is 20.8. The van der Waals surface area contributed by atoms with Crippen molar-refractivity contribution in [3.05, 3.63) is 83.6 Å². The molecule has 1 saturated heterocycles. The molecule has 2 aromatic carbocycles. The van der Waals surface area contributed by atoms with Gasteiger partial charge in [0.05, 0.1) is 5.02 Å². The van der Waals surface area contributed by atoms with E-state index in [1.165, 1.54) is 10.4 Å². The summed E-state index contributed by atoms with van der Waals surface area (Å²) >= 11 is 6.08. The molecule has 1 aliphatic heterocycles. The molecule has 0 unspecified atom stereocenters. The van der Waals surface area contributed by atoms with Crippen molar-refractivity contribution >= 4 is 38.9 Å². The topological polar surface area (TPSA) is 73.8 Å². The predicted molar refractivity (Wildman–Crippen MR) is 125 cm³/mol. The largest absolute Gasteiger partial charge is 0.345 e. The van der Waals surface area contributed by atoms with Crippen molar-refractivity contribution < 1.29 is 13.2 Å². The average molecular weight is 471 g/mol. The van der Waals surface area contributed by atoms with Crippen LogP contribution >= 0.6 is 11.6 Å². The van der Waals surface area contributed by atoms with Gasteiger partial charge in [-0.25, -0.2) is 8.42 Å². The number of piperazine rings is 1. The number of carbonyl (C=O) groups is 1. The van der Waals surface area contributed by atoms with Crippen molar-refractivity contribution in [2.24, 2.45) is 0 Å². The number of carbonyl (C=O) groups excluding carboxylic acids is 1. The summed E-state index contributed by atoms with van der Waals surface area (Å²) in [5.74, 6) is -0.113. The summed E-state index contributed by atoms with van der Waals surface area (Å²) in [6, 6.07) is 17.6. The minimum absolute atomic E-state index is 0.0929. The number of amides is 1. The van der Waals surface area contributed by atoms with Crippen LogP contribution in [0.25, 0.3) is 0 Å². The van der Waals surface area contributed by atoms with Gasteiger partial charge in [0, 0.05) is 62.6 Å². The van der Waals surface area contributed by atoms with E-state index in [0.717, 1.165) is 11.4 Å². The van der Waals surface area contributed by atoms with E-state index in [0.29, 0.717) is 18.7 Å². The number of hydrogen-bond donors (Lipinski definition) is 0. The number of anilines is 2. The lowest BCUT2D eigenvalue weighted by atomic mass is 10.1. The Morgan fingerprint density at radius 3 is 2.12 bits per heavy atom. The van der Waals surface area contributed by atoms with Gasteiger partial charge in [0.25, 0.3) is 5.91 Å². The molecule has 3 aromatic rings. The molecule has 1 amide bonds. The van der Waals surface area contributed by atoms with Gasteiger partial charge in [0.2, 0.25) is 10.0 Å². The van der Waals surface area contributed by atoms with E-state index in [1.807, 2.05) is 36.2 Å². The van der Waals surface area contributed by atoms with E-state index in [9.17, 15) is 13.2 Å². The molecule has 9 heteroatoms. The maximum atomic E-state index is 12.9. The lowest BCUT2D eigenvalue weighted by molar-refractivity contribution is 0.0698. The number of aromatic nitrogens is 1. The van der Waals surface area contributed by atoms with Gasteiger partial charge in [0.15, 0.2) is 0 Å². The van der Waals surface area contributed by atoms with E-state index in [4.69, 9.17) is 11.6 Å². The van der Waals surface area contributed by atoms with Crippen LogP contribution in [-0.2, 0) is 10.0 Å². The minimum atomic E-state index is -3.69. The highest BCUT2D eigenvalue weighted by Gasteiger charge is 2.31. The molecule has 4 rings (SSSR count). The molecule has 1 fully saturated rings. The highest BCUT2D eigenvalue weighted by Crippen LogP contribution is 2.26. The summed E-state index contributed by atoms with van der Waals surface area (Å²) < 4.78 is 27.2. The quantitative estimate of drug-likeness (QED) is 0.569. The lowest BCUT2D eigenvalue weighted by Gasteiger charge is -2.34. The first-order valence-corrected chi connectivity index (χ1v) is 12.0. The van der Waals surface area contributed by atoms with Crippen LogP contribution in [0.4, 0.5) is 11.4 Å². The van der Waals surface area contributed by atoms with E-state index in [1.54, 1.807) is 47.6 Å². The SMILES string of the molecule is CN(c1ccncc1)c1ccc(C(=O)N2CCN(S(=O)(=O)c3ccccc3Cl)CC2)cc1. The van der Waals surface area contributed by atoms with E-state index in [-0.39, 0.29) is 28.9 Å². The summed E-state index contributed by atoms with van der Waals surface area (Å²) in [5.41, 5.74) is 2.51. The Labute approximate surface area is 192 Å². The third kappa shape index (κ3) is 4.48. The highest BCUT2D eigenvalue weighted by atomic mass is 35.5. The Balaban J connectivity index is 1.41. The van der Waals surface area contributed by atoms with Gasteiger partial charge in [-0.15, -0.1) is 0 Å². The summed E-state index contributed by atoms with van der Waals surface area (Å²) in [6.45, 7) is 1.09. The molecule has 0 atom stereocenters. The molecular formula is C23H23ClN4O3S. The molecule has 1 aromatic heterocycles. The monoisotopic (exact) mass is 470 g/mol. The summed E-state index contributed by atoms with van der Waals surface area (Å²) in [6.07, 6.45) is 3.46. The van der Waals surface area contributed by atoms with Crippen LogP contribution in [0.1, 0.15) is 10.4 Å². The van der Waals surface area contributed by atoms with Crippen LogP contribution in [0.15, 0.2) is 78.0 Å². The molecule has 7 nitrogen and oxygen atoms in total. The van der Waals surface area contributed by atoms with E-state index < -0.39 is 10.0 Å². The Kier molecular flexibility index (Phi) is 6.45. The average Bonchev–Trinajstić information content (AvgIpc) is 2.84. The Morgan fingerprint density at radius 2 is 1.50 bits per heavy atom. The second-order valence-corrected chi connectivity index (χ2v) is 9.75. The zero-order valence-corrected chi connectivity index (χ0v) is 19.1. The number of rotatable bonds is 5. The molecule has 0 aliphatic carbocycles. The van der Waals surface area contributed by atoms with Gasteiger partial charge < -0.3 is 9.80 Å². The number of nitrogens with zero attached hydrogens (tertiary/aromatic N) is 4. The number of sulfonamides is 1. The maximum absolute atomic E-state index is 12.9. The predicted octanol–water partition coefficient (Wildman–Crippen LogP) is 3.65. The normalized spacial score (nSPS) is 14.9. The van der Waals surface area contributed by atoms with Crippen LogP contribution in [0.2, 0.25) is 5.02 Å². The Bertz CT molecular complexity index is 1200. The molecule has 2 heterocycles. The first-order valence-electron chi connectivity index (χ1n) is 10.2. The Morgan fingerprint density at radius 1 is 0.906 bits per heavy atom. The fraction of sp³-hybridized carbons (Fsp3) is 0.217. The van der Waals surface area contributed by atoms with Crippen molar-refractivity contribution in [1.82, 2.24) is 14.2 Å². The molecule has 32 heavy (non-hydrogen) atoms. The molecule has 166 valence electrons. The minimum Gasteiger partial charge on any atom is -0.345 e. The van der Waals surface area contributed by atoms with Crippen LogP contribution in [0.3, 0.4) is 0 Å². The molecule has 0 N–H and O–H groups in total. The van der Waals surface area contributed by atoms with Gasteiger partial charge in [-0.2, -0.15) is 4.31 Å². The van der Waals surface area contributed by atoms with Crippen molar-refractivity contribution in [3.8, 4) is 0 Å². The van der Waals surface area contributed by atoms with Crippen LogP contribution < -0.4 is 4.90 Å². The van der Waals surface area contributed by atoms with Gasteiger partial charge in [-0.1, -0.05) is 23.7 Å². The molecule has 0 spiro atoms. The summed E-state index contributed by atoms with van der Waals surface area (Å²) in [7, 11) is -1.75. The molecule has 0 radical (unpaired) electrons. The zero-order valence-electron chi connectivity index (χ0n) is 17.6. The Hall–Kier alpha value is -2.94. The smallest absolute Gasteiger partial charge is 0.253 e. The highest BCUT2D eigenvalue weighted by molar-refractivity contribution is 7.89. The van der Waals surface area contributed by atoms with Gasteiger partial charge in [-0.3, -0.25) is 9.78 Å². The first kappa shape index (κ1) is 22.3. The number of hydrogen-bond acceptors (Lipinski definition) is 5. The third-order valence-corrected chi connectivity index (χ3v) is 7.93. The number of pyridine rings is 1. The van der Waals surface area contributed by atoms with Crippen molar-refractivity contribution in [2.75, 3.05) is 38.1 Å². The fourth-order valence-corrected chi connectivity index (χ4v) is 5.57. The van der Waals surface area contributed by atoms with Crippen molar-refractivity contribution in [2.45, 2.75) is 4.90 Å². The standard InChI is InChI=1S/C23H23ClN4O3S/c1-26(20-10-12-25-13-11-20)19-8-6-18(7-9-19)23(29)27-14-16-28(17-15-27)32(30,31)22-5-3-2-4-21(22)24/h2-13H,14-17H2,1H3. The van der Waals surface area contributed by atoms with E-state index in [2.05, 4.69) is 4.98 Å². The molecule has 1 aliphatic rings. The summed E-state index contributed by atoms with van der Waals surface area (Å²) in [5, 5.41) is 0.197. The zero-order chi connectivity index (χ0) is 22.7. The first-order chi connectivity index (χ1) is 15.4. The van der Waals surface area contributed by atoms with Gasteiger partial charge in [0.1, 0.15) is 4.90 Å². The van der Waals surface area contributed by atoms with Crippen molar-refractivity contribution in [1.29, 1.82) is 0 Å². The van der Waals surface area contributed by atoms with Crippen molar-refractivity contribution in [3.63, 3.8) is 0 Å². The molecule has 0 saturated carbocycles. The fourth-order valence-electron chi connectivity index (χ4n) is 3.65. The number of benzene rings is 2. The van der Waals surface area contributed by atoms with Gasteiger partial charge >= 0.3 is 0 Å². The van der Waals surface area contributed by atoms with Crippen LogP contribution in [-0.4, -0.2) is 61.7 Å². The molecular weight excluding hydrogens is 448 g/mol. The second kappa shape index (κ2) is 9.28. The van der Waals surface area contributed by atoms with E-state index >= 15 is 0 Å². The number of halogens is 1. The van der Waals surface area contributed by atoms with Crippen LogP contribution in [0, 0.1) is 0 Å². The maximum Gasteiger partial charge on any atom is 0.253 e. The second-order valence-electron chi connectivity index (χ2n) is 7.44. The lowest BCUT2D eigenvalue weighted by Crippen LogP contribution is -2.50. The molecule has 0 bridgehead atoms. The third-order valence-electron chi connectivity index (χ3n) is 5.53.